The molecule has 2 aromatic heterocycles. The molecule has 0 spiro atoms. The van der Waals surface area contributed by atoms with Crippen molar-refractivity contribution in [2.75, 3.05) is 9.80 Å². The van der Waals surface area contributed by atoms with Gasteiger partial charge in [-0.2, -0.15) is 12.1 Å². The monoisotopic (exact) mass is 902 g/mol. The predicted octanol–water partition coefficient (Wildman–Crippen LogP) is 12.4. The third kappa shape index (κ3) is 7.47. The van der Waals surface area contributed by atoms with Crippen LogP contribution < -0.4 is 14.5 Å². The zero-order valence-corrected chi connectivity index (χ0v) is 35.1. The van der Waals surface area contributed by atoms with E-state index in [-0.39, 0.29) is 37.3 Å². The topological polar surface area (TPSA) is 33.5 Å². The van der Waals surface area contributed by atoms with Crippen molar-refractivity contribution in [3.63, 3.8) is 0 Å². The maximum Gasteiger partial charge on any atom is 0.135 e. The van der Waals surface area contributed by atoms with Gasteiger partial charge >= 0.3 is 0 Å². The zero-order chi connectivity index (χ0) is 37.8. The molecule has 0 unspecified atom stereocenters. The molecule has 1 aliphatic heterocycles. The molecule has 0 aliphatic carbocycles. The summed E-state index contributed by atoms with van der Waals surface area (Å²) < 4.78 is 8.77. The van der Waals surface area contributed by atoms with Crippen LogP contribution in [0.2, 0.25) is 0 Å². The van der Waals surface area contributed by atoms with Crippen molar-refractivity contribution in [1.29, 1.82) is 0 Å². The molecule has 55 heavy (non-hydrogen) atoms. The summed E-state index contributed by atoms with van der Waals surface area (Å²) in [5.41, 5.74) is 8.84. The van der Waals surface area contributed by atoms with Gasteiger partial charge in [-0.05, 0) is 81.2 Å². The second-order valence-corrected chi connectivity index (χ2v) is 16.8. The molecule has 8 rings (SSSR count). The Balaban J connectivity index is 0.00000465. The summed E-state index contributed by atoms with van der Waals surface area (Å²) in [7, 11) is 0. The summed E-state index contributed by atoms with van der Waals surface area (Å²) in [6.07, 6.45) is 6.03. The standard InChI is InChI=1S/C49H47N4O.Pt/c1-47(2,3)35-16-12-17-38(28-35)51-26-27-52(33-51)39-18-13-19-40(31-39)54-41-21-23-43-42-22-20-37(49(7,8)34-14-10-9-11-15-34)29-44(42)53(45(43)32-41)46-30-36(24-25-50-46)48(4,5)6;/h9-30,33H,1-8H3;/q-3;. The van der Waals surface area contributed by atoms with Gasteiger partial charge < -0.3 is 19.1 Å². The van der Waals surface area contributed by atoms with Gasteiger partial charge in [-0.15, -0.1) is 48.1 Å². The van der Waals surface area contributed by atoms with Gasteiger partial charge in [0.25, 0.3) is 0 Å². The molecule has 1 aliphatic rings. The fourth-order valence-corrected chi connectivity index (χ4v) is 7.18. The van der Waals surface area contributed by atoms with Crippen LogP contribution in [0, 0.1) is 18.8 Å². The van der Waals surface area contributed by atoms with Crippen molar-refractivity contribution >= 4 is 33.2 Å². The number of pyridine rings is 1. The van der Waals surface area contributed by atoms with E-state index in [9.17, 15) is 0 Å². The number of hydrogen-bond acceptors (Lipinski definition) is 4. The number of anilines is 2. The van der Waals surface area contributed by atoms with Gasteiger partial charge in [-0.1, -0.05) is 116 Å². The Morgan fingerprint density at radius 1 is 0.582 bits per heavy atom. The molecule has 282 valence electrons. The molecule has 0 radical (unpaired) electrons. The van der Waals surface area contributed by atoms with Crippen molar-refractivity contribution in [1.82, 2.24) is 9.55 Å². The van der Waals surface area contributed by atoms with Crippen LogP contribution in [-0.2, 0) is 37.3 Å². The summed E-state index contributed by atoms with van der Waals surface area (Å²) in [5, 5.41) is 2.24. The minimum atomic E-state index is -0.203. The van der Waals surface area contributed by atoms with Gasteiger partial charge in [0.1, 0.15) is 5.82 Å². The Labute approximate surface area is 340 Å². The quantitative estimate of drug-likeness (QED) is 0.149. The normalized spacial score (nSPS) is 13.5. The third-order valence-corrected chi connectivity index (χ3v) is 10.6. The molecule has 0 atom stereocenters. The molecular weight excluding hydrogens is 856 g/mol. The molecule has 5 nitrogen and oxygen atoms in total. The number of ether oxygens (including phenoxy) is 1. The van der Waals surface area contributed by atoms with Crippen LogP contribution in [0.15, 0.2) is 134 Å². The molecule has 6 heteroatoms. The van der Waals surface area contributed by atoms with Crippen molar-refractivity contribution in [3.8, 4) is 17.3 Å². The SMILES string of the molecule is CC(C)(C)c1cccc(N2C=CN(c3[c-]c(Oc4[c-]c5c(cc4)c4ccc(C(C)(C)c6ccccc6)cc4n5-c4cc(C(C)(C)C)ccn4)ccc3)[CH-]2)c1.[Pt]. The zero-order valence-electron chi connectivity index (χ0n) is 32.8. The van der Waals surface area contributed by atoms with Gasteiger partial charge in [-0.3, -0.25) is 0 Å². The predicted molar refractivity (Wildman–Crippen MR) is 224 cm³/mol. The van der Waals surface area contributed by atoms with Crippen LogP contribution >= 0.6 is 0 Å². The molecule has 0 bridgehead atoms. The molecule has 5 aromatic carbocycles. The summed E-state index contributed by atoms with van der Waals surface area (Å²) in [4.78, 5) is 9.13. The minimum absolute atomic E-state index is 0. The number of aromatic nitrogens is 2. The number of rotatable bonds is 7. The van der Waals surface area contributed by atoms with Gasteiger partial charge in [0, 0.05) is 55.4 Å². The maximum atomic E-state index is 6.53. The first-order valence-corrected chi connectivity index (χ1v) is 18.7. The summed E-state index contributed by atoms with van der Waals surface area (Å²) >= 11 is 0. The second-order valence-electron chi connectivity index (χ2n) is 16.8. The van der Waals surface area contributed by atoms with E-state index in [2.05, 4.69) is 186 Å². The summed E-state index contributed by atoms with van der Waals surface area (Å²) in [6.45, 7) is 20.1. The van der Waals surface area contributed by atoms with Crippen LogP contribution in [0.4, 0.5) is 11.4 Å². The molecular formula is C49H47N4OPt-3. The van der Waals surface area contributed by atoms with Crippen molar-refractivity contribution in [2.24, 2.45) is 0 Å². The first-order valence-electron chi connectivity index (χ1n) is 18.7. The largest absolute Gasteiger partial charge is 0.509 e. The number of benzene rings is 5. The van der Waals surface area contributed by atoms with Crippen LogP contribution in [0.5, 0.6) is 11.5 Å². The molecule has 0 saturated heterocycles. The summed E-state index contributed by atoms with van der Waals surface area (Å²) in [5.74, 6) is 2.08. The first kappa shape index (κ1) is 38.2. The third-order valence-electron chi connectivity index (χ3n) is 10.6. The Morgan fingerprint density at radius 2 is 1.25 bits per heavy atom. The molecule has 3 heterocycles. The second kappa shape index (κ2) is 14.5. The minimum Gasteiger partial charge on any atom is -0.509 e. The summed E-state index contributed by atoms with van der Waals surface area (Å²) in [6, 6.07) is 47.8. The van der Waals surface area contributed by atoms with Crippen LogP contribution in [0.3, 0.4) is 0 Å². The van der Waals surface area contributed by atoms with Crippen LogP contribution in [-0.4, -0.2) is 9.55 Å². The van der Waals surface area contributed by atoms with Crippen molar-refractivity contribution in [2.45, 2.75) is 71.6 Å². The van der Waals surface area contributed by atoms with Gasteiger partial charge in [0.2, 0.25) is 0 Å². The van der Waals surface area contributed by atoms with E-state index in [0.29, 0.717) is 11.5 Å². The molecule has 0 saturated carbocycles. The molecule has 0 amide bonds. The van der Waals surface area contributed by atoms with Crippen molar-refractivity contribution in [3.05, 3.63) is 175 Å². The Morgan fingerprint density at radius 3 is 2.02 bits per heavy atom. The molecule has 0 N–H and O–H groups in total. The van der Waals surface area contributed by atoms with Gasteiger partial charge in [0.05, 0.1) is 0 Å². The first-order chi connectivity index (χ1) is 25.8. The van der Waals surface area contributed by atoms with Crippen LogP contribution in [0.25, 0.3) is 27.6 Å². The Bertz CT molecular complexity index is 2520. The van der Waals surface area contributed by atoms with Gasteiger partial charge in [-0.25, -0.2) is 4.98 Å². The van der Waals surface area contributed by atoms with E-state index in [0.717, 1.165) is 39.0 Å². The van der Waals surface area contributed by atoms with E-state index in [1.54, 1.807) is 0 Å². The van der Waals surface area contributed by atoms with E-state index >= 15 is 0 Å². The van der Waals surface area contributed by atoms with E-state index in [4.69, 9.17) is 9.72 Å². The Hall–Kier alpha value is -5.12. The number of hydrogen-bond donors (Lipinski definition) is 0. The maximum absolute atomic E-state index is 6.53. The van der Waals surface area contributed by atoms with Gasteiger partial charge in [0.15, 0.2) is 0 Å². The number of nitrogens with zero attached hydrogens (tertiary/aromatic N) is 4. The van der Waals surface area contributed by atoms with Crippen LogP contribution in [0.1, 0.15) is 77.6 Å². The molecule has 0 fully saturated rings. The average molecular weight is 903 g/mol. The van der Waals surface area contributed by atoms with E-state index in [1.165, 1.54) is 22.3 Å². The average Bonchev–Trinajstić information content (AvgIpc) is 3.78. The molecule has 7 aromatic rings. The van der Waals surface area contributed by atoms with E-state index in [1.807, 2.05) is 36.7 Å². The van der Waals surface area contributed by atoms with Crippen molar-refractivity contribution < 1.29 is 25.8 Å². The fraction of sp³-hybridized carbons (Fsp3) is 0.224. The fourth-order valence-electron chi connectivity index (χ4n) is 7.18. The Kier molecular flexibility index (Phi) is 10.1. The van der Waals surface area contributed by atoms with E-state index < -0.39 is 0 Å². The smallest absolute Gasteiger partial charge is 0.135 e. The number of fused-ring (bicyclic) bond motifs is 3.